The van der Waals surface area contributed by atoms with Crippen LogP contribution in [0, 0.1) is 0 Å². The Morgan fingerprint density at radius 2 is 1.81 bits per heavy atom. The molecule has 0 bridgehead atoms. The van der Waals surface area contributed by atoms with Gasteiger partial charge in [0.05, 0.1) is 17.8 Å². The summed E-state index contributed by atoms with van der Waals surface area (Å²) in [5.74, 6) is 2.26. The minimum Gasteiger partial charge on any atom is -0.494 e. The normalized spacial score (nSPS) is 12.1. The number of benzene rings is 1. The Bertz CT molecular complexity index is 1050. The van der Waals surface area contributed by atoms with Gasteiger partial charge in [-0.15, -0.1) is 0 Å². The molecule has 0 saturated heterocycles. The maximum Gasteiger partial charge on any atom is 0.227 e. The number of aryl methyl sites for hydroxylation is 1. The van der Waals surface area contributed by atoms with E-state index in [0.717, 1.165) is 17.0 Å². The van der Waals surface area contributed by atoms with Crippen molar-refractivity contribution >= 4 is 11.7 Å². The number of hydrogen-bond acceptors (Lipinski definition) is 6. The van der Waals surface area contributed by atoms with Crippen LogP contribution in [0.1, 0.15) is 66.5 Å². The van der Waals surface area contributed by atoms with Crippen LogP contribution in [0.4, 0.5) is 5.82 Å². The molecule has 1 aromatic carbocycles. The van der Waals surface area contributed by atoms with Gasteiger partial charge < -0.3 is 14.6 Å². The second-order valence-corrected chi connectivity index (χ2v) is 9.76. The summed E-state index contributed by atoms with van der Waals surface area (Å²) in [6.07, 6.45) is 0.580. The predicted molar refractivity (Wildman–Crippen MR) is 124 cm³/mol. The van der Waals surface area contributed by atoms with Crippen molar-refractivity contribution in [3.05, 3.63) is 41.9 Å². The number of carbonyl (C=O) groups is 1. The number of nitrogens with zero attached hydrogens (tertiary/aromatic N) is 4. The zero-order valence-electron chi connectivity index (χ0n) is 20.0. The Balaban J connectivity index is 1.64. The van der Waals surface area contributed by atoms with Gasteiger partial charge in [-0.2, -0.15) is 10.1 Å². The lowest BCUT2D eigenvalue weighted by molar-refractivity contribution is -0.116. The van der Waals surface area contributed by atoms with Crippen molar-refractivity contribution in [2.45, 2.75) is 72.3 Å². The number of amides is 1. The first-order valence-electron chi connectivity index (χ1n) is 10.9. The number of nitrogens with one attached hydrogen (secondary N) is 1. The smallest absolute Gasteiger partial charge is 0.227 e. The number of aromatic nitrogens is 4. The lowest BCUT2D eigenvalue weighted by Crippen LogP contribution is -2.27. The topological polar surface area (TPSA) is 95.1 Å². The van der Waals surface area contributed by atoms with Gasteiger partial charge in [-0.3, -0.25) is 4.79 Å². The van der Waals surface area contributed by atoms with Crippen LogP contribution >= 0.6 is 0 Å². The molecule has 172 valence electrons. The van der Waals surface area contributed by atoms with E-state index in [-0.39, 0.29) is 23.3 Å². The summed E-state index contributed by atoms with van der Waals surface area (Å²) in [6.45, 7) is 15.0. The van der Waals surface area contributed by atoms with Crippen LogP contribution in [0.3, 0.4) is 0 Å². The average molecular weight is 440 g/mol. The number of rotatable bonds is 7. The molecule has 1 N–H and O–H groups in total. The third-order valence-corrected chi connectivity index (χ3v) is 4.84. The summed E-state index contributed by atoms with van der Waals surface area (Å²) in [5.41, 5.74) is 1.39. The summed E-state index contributed by atoms with van der Waals surface area (Å²) in [6, 6.07) is 9.44. The second kappa shape index (κ2) is 9.14. The highest BCUT2D eigenvalue weighted by molar-refractivity contribution is 5.90. The van der Waals surface area contributed by atoms with Crippen molar-refractivity contribution in [2.24, 2.45) is 0 Å². The molecular formula is C24H33N5O3. The molecule has 3 rings (SSSR count). The Hall–Kier alpha value is -3.16. The summed E-state index contributed by atoms with van der Waals surface area (Å²) >= 11 is 0. The number of anilines is 1. The van der Waals surface area contributed by atoms with Crippen molar-refractivity contribution in [3.8, 4) is 17.1 Å². The van der Waals surface area contributed by atoms with Crippen LogP contribution in [0.5, 0.6) is 5.75 Å². The molecule has 1 amide bonds. The van der Waals surface area contributed by atoms with E-state index >= 15 is 0 Å². The van der Waals surface area contributed by atoms with Crippen LogP contribution in [-0.4, -0.2) is 32.4 Å². The van der Waals surface area contributed by atoms with E-state index in [1.165, 1.54) is 0 Å². The van der Waals surface area contributed by atoms with Gasteiger partial charge in [0.15, 0.2) is 0 Å². The Labute approximate surface area is 189 Å². The lowest BCUT2D eigenvalue weighted by Gasteiger charge is -2.23. The molecule has 32 heavy (non-hydrogen) atoms. The van der Waals surface area contributed by atoms with E-state index in [2.05, 4.69) is 57.0 Å². The van der Waals surface area contributed by atoms with Gasteiger partial charge in [-0.05, 0) is 52.0 Å². The molecule has 0 saturated carbocycles. The monoisotopic (exact) mass is 439 g/mol. The van der Waals surface area contributed by atoms with Gasteiger partial charge in [0.2, 0.25) is 17.6 Å². The summed E-state index contributed by atoms with van der Waals surface area (Å²) in [7, 11) is 0. The van der Waals surface area contributed by atoms with Gasteiger partial charge in [-0.1, -0.05) is 25.9 Å². The fourth-order valence-corrected chi connectivity index (χ4v) is 3.11. The first-order valence-corrected chi connectivity index (χ1v) is 10.9. The van der Waals surface area contributed by atoms with Gasteiger partial charge in [0.25, 0.3) is 0 Å². The molecule has 3 aromatic rings. The van der Waals surface area contributed by atoms with Gasteiger partial charge >= 0.3 is 0 Å². The quantitative estimate of drug-likeness (QED) is 0.559. The highest BCUT2D eigenvalue weighted by atomic mass is 16.5. The van der Waals surface area contributed by atoms with E-state index in [1.807, 2.05) is 41.9 Å². The van der Waals surface area contributed by atoms with Crippen LogP contribution < -0.4 is 10.1 Å². The van der Waals surface area contributed by atoms with Crippen molar-refractivity contribution in [3.63, 3.8) is 0 Å². The summed E-state index contributed by atoms with van der Waals surface area (Å²) < 4.78 is 12.6. The molecule has 8 heteroatoms. The first kappa shape index (κ1) is 23.5. The predicted octanol–water partition coefficient (Wildman–Crippen LogP) is 4.96. The third-order valence-electron chi connectivity index (χ3n) is 4.84. The van der Waals surface area contributed by atoms with Crippen molar-refractivity contribution in [1.29, 1.82) is 0 Å². The average Bonchev–Trinajstić information content (AvgIpc) is 3.34. The van der Waals surface area contributed by atoms with Gasteiger partial charge in [0.1, 0.15) is 11.6 Å². The highest BCUT2D eigenvalue weighted by Gasteiger charge is 2.25. The largest absolute Gasteiger partial charge is 0.494 e. The summed E-state index contributed by atoms with van der Waals surface area (Å²) in [4.78, 5) is 17.1. The standard InChI is InChI=1S/C24H33N5O3/c1-8-31-17-11-9-16(10-12-17)22-26-21(32-28-22)14-13-20(30)25-19-15-18(23(2,3)4)27-29(19)24(5,6)7/h9-12,15H,8,13-14H2,1-7H3,(H,25,30). The summed E-state index contributed by atoms with van der Waals surface area (Å²) in [5, 5.41) is 11.8. The fourth-order valence-electron chi connectivity index (χ4n) is 3.11. The van der Waals surface area contributed by atoms with Crippen LogP contribution in [0.15, 0.2) is 34.9 Å². The van der Waals surface area contributed by atoms with E-state index < -0.39 is 0 Å². The molecule has 0 aliphatic carbocycles. The van der Waals surface area contributed by atoms with Crippen LogP contribution in [0.25, 0.3) is 11.4 Å². The van der Waals surface area contributed by atoms with Crippen molar-refractivity contribution in [1.82, 2.24) is 19.9 Å². The van der Waals surface area contributed by atoms with Gasteiger partial charge in [-0.25, -0.2) is 4.68 Å². The van der Waals surface area contributed by atoms with E-state index in [9.17, 15) is 4.79 Å². The molecule has 0 fully saturated rings. The van der Waals surface area contributed by atoms with E-state index in [0.29, 0.717) is 30.6 Å². The number of ether oxygens (including phenoxy) is 1. The molecule has 0 aliphatic heterocycles. The minimum atomic E-state index is -0.259. The maximum absolute atomic E-state index is 12.6. The van der Waals surface area contributed by atoms with Crippen LogP contribution in [0.2, 0.25) is 0 Å². The molecule has 2 heterocycles. The zero-order valence-corrected chi connectivity index (χ0v) is 20.0. The molecule has 0 radical (unpaired) electrons. The Morgan fingerprint density at radius 1 is 1.12 bits per heavy atom. The molecule has 0 atom stereocenters. The molecular weight excluding hydrogens is 406 g/mol. The number of hydrogen-bond donors (Lipinski definition) is 1. The molecule has 2 aromatic heterocycles. The van der Waals surface area contributed by atoms with Crippen molar-refractivity contribution < 1.29 is 14.1 Å². The fraction of sp³-hybridized carbons (Fsp3) is 0.500. The highest BCUT2D eigenvalue weighted by Crippen LogP contribution is 2.28. The number of carbonyl (C=O) groups excluding carboxylic acids is 1. The third kappa shape index (κ3) is 5.75. The Morgan fingerprint density at radius 3 is 2.41 bits per heavy atom. The minimum absolute atomic E-state index is 0.114. The SMILES string of the molecule is CCOc1ccc(-c2noc(CCC(=O)Nc3cc(C(C)(C)C)nn3C(C)(C)C)n2)cc1. The van der Waals surface area contributed by atoms with Crippen LogP contribution in [-0.2, 0) is 22.2 Å². The maximum atomic E-state index is 12.6. The molecule has 0 unspecified atom stereocenters. The molecule has 0 aliphatic rings. The lowest BCUT2D eigenvalue weighted by atomic mass is 9.92. The zero-order chi connectivity index (χ0) is 23.5. The molecule has 8 nitrogen and oxygen atoms in total. The van der Waals surface area contributed by atoms with E-state index in [4.69, 9.17) is 14.4 Å². The molecule has 0 spiro atoms. The first-order chi connectivity index (χ1) is 15.0. The Kier molecular flexibility index (Phi) is 6.71. The van der Waals surface area contributed by atoms with Crippen molar-refractivity contribution in [2.75, 3.05) is 11.9 Å². The van der Waals surface area contributed by atoms with Gasteiger partial charge in [0, 0.05) is 29.9 Å². The second-order valence-electron chi connectivity index (χ2n) is 9.76. The van der Waals surface area contributed by atoms with E-state index in [1.54, 1.807) is 0 Å².